The van der Waals surface area contributed by atoms with Gasteiger partial charge >= 0.3 is 0 Å². The van der Waals surface area contributed by atoms with Crippen LogP contribution in [0.4, 0.5) is 0 Å². The van der Waals surface area contributed by atoms with Crippen LogP contribution in [0.2, 0.25) is 5.02 Å². The number of fused-ring (bicyclic) bond motifs is 3. The van der Waals surface area contributed by atoms with E-state index in [0.29, 0.717) is 6.04 Å². The Morgan fingerprint density at radius 1 is 1.38 bits per heavy atom. The van der Waals surface area contributed by atoms with Gasteiger partial charge in [-0.3, -0.25) is 0 Å². The Morgan fingerprint density at radius 3 is 3.00 bits per heavy atom. The van der Waals surface area contributed by atoms with Crippen molar-refractivity contribution in [3.8, 4) is 0 Å². The third-order valence-corrected chi connectivity index (χ3v) is 3.79. The smallest absolute Gasteiger partial charge is 0.0501 e. The quantitative estimate of drug-likeness (QED) is 0.741. The van der Waals surface area contributed by atoms with Gasteiger partial charge in [0.05, 0.1) is 5.52 Å². The SMILES string of the molecule is Cc1cc2cc3n(c2cc1Cl)C(C)CNC3. The zero-order valence-electron chi connectivity index (χ0n) is 9.55. The summed E-state index contributed by atoms with van der Waals surface area (Å²) in [7, 11) is 0. The first kappa shape index (κ1) is 10.2. The number of rotatable bonds is 0. The average Bonchev–Trinajstić information content (AvgIpc) is 2.58. The van der Waals surface area contributed by atoms with Crippen LogP contribution in [0, 0.1) is 6.92 Å². The highest BCUT2D eigenvalue weighted by atomic mass is 35.5. The highest BCUT2D eigenvalue weighted by Gasteiger charge is 2.18. The van der Waals surface area contributed by atoms with Crippen LogP contribution in [0.25, 0.3) is 10.9 Å². The molecule has 1 aliphatic heterocycles. The molecule has 0 fully saturated rings. The van der Waals surface area contributed by atoms with Crippen LogP contribution in [0.3, 0.4) is 0 Å². The van der Waals surface area contributed by atoms with Crippen LogP contribution in [0.15, 0.2) is 18.2 Å². The first-order valence-corrected chi connectivity index (χ1v) is 6.05. The fourth-order valence-corrected chi connectivity index (χ4v) is 2.74. The van der Waals surface area contributed by atoms with Crippen LogP contribution in [-0.4, -0.2) is 11.1 Å². The topological polar surface area (TPSA) is 17.0 Å². The lowest BCUT2D eigenvalue weighted by atomic mass is 10.2. The lowest BCUT2D eigenvalue weighted by molar-refractivity contribution is 0.439. The van der Waals surface area contributed by atoms with Crippen LogP contribution in [-0.2, 0) is 6.54 Å². The molecule has 0 radical (unpaired) electrons. The van der Waals surface area contributed by atoms with Gasteiger partial charge in [0, 0.05) is 35.2 Å². The predicted octanol–water partition coefficient (Wildman–Crippen LogP) is 3.27. The number of hydrogen-bond donors (Lipinski definition) is 1. The van der Waals surface area contributed by atoms with E-state index in [1.807, 2.05) is 0 Å². The van der Waals surface area contributed by atoms with E-state index in [4.69, 9.17) is 11.6 Å². The van der Waals surface area contributed by atoms with E-state index in [0.717, 1.165) is 23.7 Å². The molecule has 0 amide bonds. The number of nitrogens with zero attached hydrogens (tertiary/aromatic N) is 1. The van der Waals surface area contributed by atoms with Crippen molar-refractivity contribution in [2.24, 2.45) is 0 Å². The highest BCUT2D eigenvalue weighted by molar-refractivity contribution is 6.32. The summed E-state index contributed by atoms with van der Waals surface area (Å²) in [4.78, 5) is 0. The Balaban J connectivity index is 2.34. The van der Waals surface area contributed by atoms with Gasteiger partial charge in [-0.25, -0.2) is 0 Å². The molecular formula is C13H15ClN2. The van der Waals surface area contributed by atoms with E-state index in [-0.39, 0.29) is 0 Å². The predicted molar refractivity (Wildman–Crippen MR) is 68.1 cm³/mol. The Bertz CT molecular complexity index is 557. The molecule has 2 aromatic rings. The second-order valence-corrected chi connectivity index (χ2v) is 5.05. The maximum atomic E-state index is 6.21. The summed E-state index contributed by atoms with van der Waals surface area (Å²) in [5.74, 6) is 0. The lowest BCUT2D eigenvalue weighted by Crippen LogP contribution is -2.30. The Hall–Kier alpha value is -0.990. The molecule has 1 unspecified atom stereocenters. The van der Waals surface area contributed by atoms with Crippen molar-refractivity contribution in [1.82, 2.24) is 9.88 Å². The molecule has 0 saturated heterocycles. The summed E-state index contributed by atoms with van der Waals surface area (Å²) >= 11 is 6.21. The Labute approximate surface area is 100 Å². The minimum Gasteiger partial charge on any atom is -0.339 e. The highest BCUT2D eigenvalue weighted by Crippen LogP contribution is 2.30. The van der Waals surface area contributed by atoms with Crippen LogP contribution >= 0.6 is 11.6 Å². The number of nitrogens with one attached hydrogen (secondary N) is 1. The molecule has 1 aromatic carbocycles. The van der Waals surface area contributed by atoms with Gasteiger partial charge in [0.15, 0.2) is 0 Å². The molecule has 1 aliphatic rings. The summed E-state index contributed by atoms with van der Waals surface area (Å²) in [6.45, 7) is 6.28. The normalized spacial score (nSPS) is 20.1. The number of aromatic nitrogens is 1. The Kier molecular flexibility index (Phi) is 2.23. The third-order valence-electron chi connectivity index (χ3n) is 3.39. The van der Waals surface area contributed by atoms with Crippen molar-refractivity contribution in [2.75, 3.05) is 6.54 Å². The first-order chi connectivity index (χ1) is 7.66. The van der Waals surface area contributed by atoms with Gasteiger partial charge in [-0.2, -0.15) is 0 Å². The molecule has 0 bridgehead atoms. The van der Waals surface area contributed by atoms with Crippen molar-refractivity contribution >= 4 is 22.5 Å². The standard InChI is InChI=1S/C13H15ClN2/c1-8-3-10-4-11-7-15-6-9(2)16(11)13(10)5-12(8)14/h3-5,9,15H,6-7H2,1-2H3. The molecule has 1 N–H and O–H groups in total. The summed E-state index contributed by atoms with van der Waals surface area (Å²) in [6.07, 6.45) is 0. The van der Waals surface area contributed by atoms with Crippen molar-refractivity contribution in [3.63, 3.8) is 0 Å². The monoisotopic (exact) mass is 234 g/mol. The molecule has 2 heterocycles. The molecule has 1 aromatic heterocycles. The van der Waals surface area contributed by atoms with Crippen molar-refractivity contribution < 1.29 is 0 Å². The number of hydrogen-bond acceptors (Lipinski definition) is 1. The molecule has 0 aliphatic carbocycles. The van der Waals surface area contributed by atoms with E-state index in [1.54, 1.807) is 0 Å². The van der Waals surface area contributed by atoms with Gasteiger partial charge in [-0.15, -0.1) is 0 Å². The summed E-state index contributed by atoms with van der Waals surface area (Å²) in [6, 6.07) is 7.04. The Morgan fingerprint density at radius 2 is 2.19 bits per heavy atom. The molecule has 3 rings (SSSR count). The van der Waals surface area contributed by atoms with Crippen molar-refractivity contribution in [2.45, 2.75) is 26.4 Å². The van der Waals surface area contributed by atoms with Gasteiger partial charge in [-0.05, 0) is 37.6 Å². The summed E-state index contributed by atoms with van der Waals surface area (Å²) in [5, 5.41) is 5.59. The second kappa shape index (κ2) is 3.51. The molecule has 0 saturated carbocycles. The average molecular weight is 235 g/mol. The largest absolute Gasteiger partial charge is 0.339 e. The molecule has 3 heteroatoms. The summed E-state index contributed by atoms with van der Waals surface area (Å²) in [5.41, 5.74) is 3.77. The summed E-state index contributed by atoms with van der Waals surface area (Å²) < 4.78 is 2.40. The van der Waals surface area contributed by atoms with E-state index >= 15 is 0 Å². The maximum Gasteiger partial charge on any atom is 0.0501 e. The van der Waals surface area contributed by atoms with Gasteiger partial charge < -0.3 is 9.88 Å². The van der Waals surface area contributed by atoms with E-state index in [1.165, 1.54) is 16.6 Å². The first-order valence-electron chi connectivity index (χ1n) is 5.67. The molecule has 2 nitrogen and oxygen atoms in total. The number of aryl methyl sites for hydroxylation is 1. The second-order valence-electron chi connectivity index (χ2n) is 4.65. The van der Waals surface area contributed by atoms with Crippen LogP contribution < -0.4 is 5.32 Å². The van der Waals surface area contributed by atoms with Gasteiger partial charge in [0.2, 0.25) is 0 Å². The molecule has 84 valence electrons. The zero-order chi connectivity index (χ0) is 11.3. The minimum atomic E-state index is 0.500. The van der Waals surface area contributed by atoms with E-state index < -0.39 is 0 Å². The van der Waals surface area contributed by atoms with Gasteiger partial charge in [-0.1, -0.05) is 11.6 Å². The van der Waals surface area contributed by atoms with Crippen molar-refractivity contribution in [1.29, 1.82) is 0 Å². The lowest BCUT2D eigenvalue weighted by Gasteiger charge is -2.24. The fourth-order valence-electron chi connectivity index (χ4n) is 2.58. The molecular weight excluding hydrogens is 220 g/mol. The van der Waals surface area contributed by atoms with Gasteiger partial charge in [0.25, 0.3) is 0 Å². The zero-order valence-corrected chi connectivity index (χ0v) is 10.3. The number of halogens is 1. The number of benzene rings is 1. The molecule has 0 spiro atoms. The van der Waals surface area contributed by atoms with Crippen molar-refractivity contribution in [3.05, 3.63) is 34.5 Å². The van der Waals surface area contributed by atoms with Gasteiger partial charge in [0.1, 0.15) is 0 Å². The minimum absolute atomic E-state index is 0.500. The van der Waals surface area contributed by atoms with E-state index in [9.17, 15) is 0 Å². The van der Waals surface area contributed by atoms with Crippen LogP contribution in [0.5, 0.6) is 0 Å². The maximum absolute atomic E-state index is 6.21. The third kappa shape index (κ3) is 1.37. The molecule has 16 heavy (non-hydrogen) atoms. The fraction of sp³-hybridized carbons (Fsp3) is 0.385. The molecule has 1 atom stereocenters. The van der Waals surface area contributed by atoms with E-state index in [2.05, 4.69) is 41.9 Å². The van der Waals surface area contributed by atoms with Crippen LogP contribution in [0.1, 0.15) is 24.2 Å².